The van der Waals surface area contributed by atoms with Gasteiger partial charge in [-0.25, -0.2) is 0 Å². The van der Waals surface area contributed by atoms with E-state index in [-0.39, 0.29) is 5.75 Å². The molecule has 0 aliphatic heterocycles. The Labute approximate surface area is 157 Å². The smallest absolute Gasteiger partial charge is 0.406 e. The van der Waals surface area contributed by atoms with Gasteiger partial charge < -0.3 is 9.64 Å². The van der Waals surface area contributed by atoms with Crippen molar-refractivity contribution in [1.82, 2.24) is 0 Å². The molecular weight excluding hydrogens is 395 g/mol. The molecule has 0 heterocycles. The molecule has 0 aliphatic rings. The van der Waals surface area contributed by atoms with Crippen LogP contribution in [0.15, 0.2) is 48.2 Å². The fraction of sp³-hybridized carbons (Fsp3) is 0.368. The summed E-state index contributed by atoms with van der Waals surface area (Å²) in [4.78, 5) is 1.85. The van der Waals surface area contributed by atoms with Crippen LogP contribution in [-0.4, -0.2) is 18.7 Å². The minimum Gasteiger partial charge on any atom is -0.406 e. The lowest BCUT2D eigenvalue weighted by Gasteiger charge is -2.23. The normalized spacial score (nSPS) is 10.6. The molecule has 1 aromatic carbocycles. The number of hydrogen-bond donors (Lipinski definition) is 0. The molecule has 0 spiro atoms. The molecule has 1 rings (SSSR count). The maximum atomic E-state index is 12.1. The number of terminal acetylenes is 1. The zero-order valence-electron chi connectivity index (χ0n) is 15.0. The van der Waals surface area contributed by atoms with E-state index >= 15 is 0 Å². The van der Waals surface area contributed by atoms with Gasteiger partial charge in [0.1, 0.15) is 5.75 Å². The van der Waals surface area contributed by atoms with Gasteiger partial charge in [-0.15, -0.1) is 26.0 Å². The first-order valence-corrected chi connectivity index (χ1v) is 8.63. The Morgan fingerprint density at radius 1 is 1.24 bits per heavy atom. The number of likely N-dealkylation sites (N-methyl/N-ethyl adjacent to an activating group) is 1. The molecule has 0 saturated carbocycles. The van der Waals surface area contributed by atoms with E-state index in [0.717, 1.165) is 17.0 Å². The molecular formula is C19H25BrF3NO. The second-order valence-corrected chi connectivity index (χ2v) is 5.48. The quantitative estimate of drug-likeness (QED) is 0.305. The van der Waals surface area contributed by atoms with Gasteiger partial charge in [0, 0.05) is 23.8 Å². The predicted octanol–water partition coefficient (Wildman–Crippen LogP) is 6.54. The van der Waals surface area contributed by atoms with Gasteiger partial charge >= 0.3 is 6.36 Å². The number of benzene rings is 1. The highest BCUT2D eigenvalue weighted by molar-refractivity contribution is 9.09. The molecule has 0 N–H and O–H groups in total. The first-order chi connectivity index (χ1) is 11.7. The van der Waals surface area contributed by atoms with E-state index in [1.165, 1.54) is 18.6 Å². The number of nitrogens with zero attached hydrogens (tertiary/aromatic N) is 1. The maximum Gasteiger partial charge on any atom is 0.573 e. The molecule has 0 saturated heterocycles. The Kier molecular flexibility index (Phi) is 13.6. The summed E-state index contributed by atoms with van der Waals surface area (Å²) in [5, 5.41) is 0.662. The van der Waals surface area contributed by atoms with Gasteiger partial charge in [0.15, 0.2) is 0 Å². The Morgan fingerprint density at radius 3 is 2.00 bits per heavy atom. The van der Waals surface area contributed by atoms with Gasteiger partial charge in [-0.05, 0) is 42.8 Å². The first kappa shape index (κ1) is 25.4. The molecule has 1 aromatic rings. The molecule has 0 amide bonds. The number of anilines is 1. The highest BCUT2D eigenvalue weighted by Gasteiger charge is 2.31. The SMILES string of the molecule is C#C.C=C(C)/C(=C/CBr)N(C)c1ccc(OC(F)(F)F)cc1.CCC. The molecule has 25 heavy (non-hydrogen) atoms. The molecule has 0 atom stereocenters. The first-order valence-electron chi connectivity index (χ1n) is 7.51. The molecule has 0 radical (unpaired) electrons. The van der Waals surface area contributed by atoms with Crippen molar-refractivity contribution in [1.29, 1.82) is 0 Å². The minimum absolute atomic E-state index is 0.240. The van der Waals surface area contributed by atoms with E-state index in [2.05, 4.69) is 53.9 Å². The molecule has 140 valence electrons. The topological polar surface area (TPSA) is 12.5 Å². The van der Waals surface area contributed by atoms with Gasteiger partial charge in [-0.3, -0.25) is 0 Å². The van der Waals surface area contributed by atoms with Crippen LogP contribution in [0.2, 0.25) is 0 Å². The van der Waals surface area contributed by atoms with Crippen molar-refractivity contribution < 1.29 is 17.9 Å². The van der Waals surface area contributed by atoms with Crippen molar-refractivity contribution >= 4 is 21.6 Å². The number of allylic oxidation sites excluding steroid dienone is 2. The Morgan fingerprint density at radius 2 is 1.68 bits per heavy atom. The third-order valence-electron chi connectivity index (χ3n) is 2.53. The van der Waals surface area contributed by atoms with Crippen LogP contribution in [-0.2, 0) is 0 Å². The van der Waals surface area contributed by atoms with Gasteiger partial charge in [-0.1, -0.05) is 42.8 Å². The second kappa shape index (κ2) is 13.4. The molecule has 6 heteroatoms. The van der Waals surface area contributed by atoms with Crippen molar-refractivity contribution in [2.24, 2.45) is 0 Å². The number of rotatable bonds is 5. The monoisotopic (exact) mass is 419 g/mol. The summed E-state index contributed by atoms with van der Waals surface area (Å²) in [6.45, 7) is 10.00. The van der Waals surface area contributed by atoms with Crippen molar-refractivity contribution in [3.8, 4) is 18.6 Å². The number of alkyl halides is 4. The predicted molar refractivity (Wildman–Crippen MR) is 104 cm³/mol. The lowest BCUT2D eigenvalue weighted by molar-refractivity contribution is -0.274. The van der Waals surface area contributed by atoms with Crippen molar-refractivity contribution in [3.05, 3.63) is 48.2 Å². The summed E-state index contributed by atoms with van der Waals surface area (Å²) in [6, 6.07) is 5.69. The minimum atomic E-state index is -4.67. The fourth-order valence-electron chi connectivity index (χ4n) is 1.68. The molecule has 0 bridgehead atoms. The summed E-state index contributed by atoms with van der Waals surface area (Å²) >= 11 is 3.31. The van der Waals surface area contributed by atoms with Crippen molar-refractivity contribution in [3.63, 3.8) is 0 Å². The van der Waals surface area contributed by atoms with E-state index in [0.29, 0.717) is 5.33 Å². The van der Waals surface area contributed by atoms with Crippen LogP contribution in [0.4, 0.5) is 18.9 Å². The number of halogens is 4. The molecule has 2 nitrogen and oxygen atoms in total. The standard InChI is InChI=1S/C14H15BrF3NO.C3H8.C2H2/c1-10(2)13(8-9-15)19(3)11-4-6-12(7-5-11)20-14(16,17)18;1-3-2;1-2/h4-8H,1,9H2,2-3H3;3H2,1-2H3;1-2H/b13-8-;;. The molecule has 0 aromatic heterocycles. The van der Waals surface area contributed by atoms with Crippen LogP contribution in [0, 0.1) is 12.8 Å². The molecule has 0 fully saturated rings. The number of ether oxygens (including phenoxy) is 1. The zero-order valence-corrected chi connectivity index (χ0v) is 16.6. The highest BCUT2D eigenvalue weighted by atomic mass is 79.9. The van der Waals surface area contributed by atoms with Crippen LogP contribution >= 0.6 is 15.9 Å². The number of hydrogen-bond acceptors (Lipinski definition) is 2. The summed E-state index contributed by atoms with van der Waals surface area (Å²) in [6.07, 6.45) is 6.51. The van der Waals surface area contributed by atoms with Gasteiger partial charge in [-0.2, -0.15) is 0 Å². The lowest BCUT2D eigenvalue weighted by atomic mass is 10.2. The van der Waals surface area contributed by atoms with Crippen LogP contribution in [0.25, 0.3) is 0 Å². The van der Waals surface area contributed by atoms with E-state index < -0.39 is 6.36 Å². The van der Waals surface area contributed by atoms with Crippen LogP contribution in [0.5, 0.6) is 5.75 Å². The van der Waals surface area contributed by atoms with Crippen molar-refractivity contribution in [2.45, 2.75) is 33.6 Å². The average Bonchev–Trinajstić information content (AvgIpc) is 2.53. The van der Waals surface area contributed by atoms with E-state index in [1.54, 1.807) is 12.1 Å². The largest absolute Gasteiger partial charge is 0.573 e. The third kappa shape index (κ3) is 11.3. The fourth-order valence-corrected chi connectivity index (χ4v) is 1.99. The Balaban J connectivity index is 0. The van der Waals surface area contributed by atoms with Crippen molar-refractivity contribution in [2.75, 3.05) is 17.3 Å². The average molecular weight is 420 g/mol. The molecule has 0 unspecified atom stereocenters. The second-order valence-electron chi connectivity index (χ2n) is 4.83. The summed E-state index contributed by atoms with van der Waals surface area (Å²) in [7, 11) is 1.82. The summed E-state index contributed by atoms with van der Waals surface area (Å²) in [5.74, 6) is -0.240. The van der Waals surface area contributed by atoms with Gasteiger partial charge in [0.05, 0.1) is 0 Å². The third-order valence-corrected chi connectivity index (χ3v) is 2.85. The van der Waals surface area contributed by atoms with E-state index in [1.807, 2.05) is 24.9 Å². The van der Waals surface area contributed by atoms with E-state index in [4.69, 9.17) is 0 Å². The summed E-state index contributed by atoms with van der Waals surface area (Å²) in [5.41, 5.74) is 2.50. The highest BCUT2D eigenvalue weighted by Crippen LogP contribution is 2.27. The zero-order chi connectivity index (χ0) is 20.0. The van der Waals surface area contributed by atoms with Gasteiger partial charge in [0.2, 0.25) is 0 Å². The maximum absolute atomic E-state index is 12.1. The Hall–Kier alpha value is -1.87. The van der Waals surface area contributed by atoms with Crippen LogP contribution in [0.3, 0.4) is 0 Å². The summed E-state index contributed by atoms with van der Waals surface area (Å²) < 4.78 is 40.1. The lowest BCUT2D eigenvalue weighted by Crippen LogP contribution is -2.18. The molecule has 0 aliphatic carbocycles. The van der Waals surface area contributed by atoms with Crippen LogP contribution < -0.4 is 9.64 Å². The Bertz CT molecular complexity index is 548. The van der Waals surface area contributed by atoms with Crippen LogP contribution in [0.1, 0.15) is 27.2 Å². The van der Waals surface area contributed by atoms with E-state index in [9.17, 15) is 13.2 Å². The van der Waals surface area contributed by atoms with Gasteiger partial charge in [0.25, 0.3) is 0 Å².